The fraction of sp³-hybridized carbons (Fsp3) is 0.148. The van der Waals surface area contributed by atoms with Gasteiger partial charge in [-0.3, -0.25) is 14.7 Å². The van der Waals surface area contributed by atoms with Crippen LogP contribution in [0.4, 0.5) is 14.5 Å². The lowest BCUT2D eigenvalue weighted by atomic mass is 9.78. The average molecular weight is 507 g/mol. The molecule has 0 bridgehead atoms. The first-order valence-electron chi connectivity index (χ1n) is 11.2. The van der Waals surface area contributed by atoms with Crippen molar-refractivity contribution in [2.24, 2.45) is 11.0 Å². The Bertz CT molecular complexity index is 1540. The van der Waals surface area contributed by atoms with Crippen LogP contribution in [-0.4, -0.2) is 21.4 Å². The van der Waals surface area contributed by atoms with Crippen molar-refractivity contribution in [1.82, 2.24) is 9.78 Å². The zero-order valence-corrected chi connectivity index (χ0v) is 20.1. The van der Waals surface area contributed by atoms with Gasteiger partial charge in [-0.25, -0.2) is 18.5 Å². The van der Waals surface area contributed by atoms with Crippen molar-refractivity contribution < 1.29 is 13.6 Å². The van der Waals surface area contributed by atoms with Crippen molar-refractivity contribution >= 4 is 28.9 Å². The molecule has 0 saturated carbocycles. The van der Waals surface area contributed by atoms with E-state index in [4.69, 9.17) is 11.6 Å². The number of hydrogen-bond acceptors (Lipinski definition) is 3. The van der Waals surface area contributed by atoms with Crippen molar-refractivity contribution in [3.8, 4) is 5.69 Å². The molecule has 2 heterocycles. The molecule has 1 amide bonds. The standard InChI is InChI=1S/C27H21ClF2N4O2/c1-15-23(26(35)33(31-15)19-11-7-17(29)8-12-19)25(21-5-3-4-6-22(21)28)24-16(2)32-34(27(24)36)20-13-9-18(30)10-14-20/h3-14,23,25,32H,1-2H3/t23-,25-/m1/s1. The molecule has 0 fully saturated rings. The Morgan fingerprint density at radius 3 is 2.08 bits per heavy atom. The largest absolute Gasteiger partial charge is 0.295 e. The van der Waals surface area contributed by atoms with E-state index in [-0.39, 0.29) is 11.5 Å². The van der Waals surface area contributed by atoms with Crippen molar-refractivity contribution in [2.75, 3.05) is 5.01 Å². The Kier molecular flexibility index (Phi) is 6.05. The van der Waals surface area contributed by atoms with Crippen molar-refractivity contribution in [2.45, 2.75) is 19.8 Å². The third-order valence-corrected chi connectivity index (χ3v) is 6.68. The van der Waals surface area contributed by atoms with Crippen LogP contribution in [0.1, 0.15) is 29.7 Å². The molecule has 3 aromatic carbocycles. The maximum Gasteiger partial charge on any atom is 0.275 e. The molecular weight excluding hydrogens is 486 g/mol. The van der Waals surface area contributed by atoms with Crippen LogP contribution in [0.25, 0.3) is 5.69 Å². The highest BCUT2D eigenvalue weighted by molar-refractivity contribution is 6.31. The SMILES string of the molecule is CC1=NN(c2ccc(F)cc2)C(=O)[C@H]1[C@@H](c1ccccc1Cl)c1c(C)[nH]n(-c2ccc(F)cc2)c1=O. The zero-order chi connectivity index (χ0) is 25.6. The molecule has 0 radical (unpaired) electrons. The summed E-state index contributed by atoms with van der Waals surface area (Å²) in [5.41, 5.74) is 2.45. The number of aromatic nitrogens is 2. The topological polar surface area (TPSA) is 70.5 Å². The highest BCUT2D eigenvalue weighted by Gasteiger charge is 2.44. The van der Waals surface area contributed by atoms with Crippen molar-refractivity contribution in [3.05, 3.63) is 117 Å². The molecule has 1 aromatic heterocycles. The summed E-state index contributed by atoms with van der Waals surface area (Å²) in [4.78, 5) is 27.5. The molecule has 0 saturated heterocycles. The molecule has 5 rings (SSSR count). The van der Waals surface area contributed by atoms with Gasteiger partial charge >= 0.3 is 0 Å². The van der Waals surface area contributed by atoms with Crippen molar-refractivity contribution in [1.29, 1.82) is 0 Å². The van der Waals surface area contributed by atoms with Gasteiger partial charge in [0.25, 0.3) is 11.5 Å². The number of nitrogens with zero attached hydrogens (tertiary/aromatic N) is 3. The summed E-state index contributed by atoms with van der Waals surface area (Å²) in [6, 6.07) is 18.0. The van der Waals surface area contributed by atoms with Crippen LogP contribution in [0.3, 0.4) is 0 Å². The Morgan fingerprint density at radius 1 is 0.889 bits per heavy atom. The lowest BCUT2D eigenvalue weighted by Gasteiger charge is -2.24. The quantitative estimate of drug-likeness (QED) is 0.384. The second-order valence-corrected chi connectivity index (χ2v) is 9.02. The zero-order valence-electron chi connectivity index (χ0n) is 19.4. The van der Waals surface area contributed by atoms with E-state index in [0.29, 0.717) is 38.9 Å². The van der Waals surface area contributed by atoms with Crippen LogP contribution < -0.4 is 10.6 Å². The molecule has 0 aliphatic carbocycles. The van der Waals surface area contributed by atoms with Crippen LogP contribution in [0.5, 0.6) is 0 Å². The number of aryl methyl sites for hydroxylation is 1. The molecule has 4 aromatic rings. The van der Waals surface area contributed by atoms with Gasteiger partial charge in [0, 0.05) is 27.9 Å². The first-order valence-corrected chi connectivity index (χ1v) is 11.6. The number of carbonyl (C=O) groups is 1. The van der Waals surface area contributed by atoms with Gasteiger partial charge in [-0.1, -0.05) is 29.8 Å². The van der Waals surface area contributed by atoms with Gasteiger partial charge < -0.3 is 0 Å². The number of hydrogen-bond donors (Lipinski definition) is 1. The molecule has 6 nitrogen and oxygen atoms in total. The summed E-state index contributed by atoms with van der Waals surface area (Å²) < 4.78 is 28.3. The van der Waals surface area contributed by atoms with E-state index in [1.165, 1.54) is 58.2 Å². The maximum atomic E-state index is 13.8. The number of rotatable bonds is 5. The summed E-state index contributed by atoms with van der Waals surface area (Å²) in [7, 11) is 0. The van der Waals surface area contributed by atoms with Gasteiger partial charge in [0.05, 0.1) is 17.3 Å². The highest BCUT2D eigenvalue weighted by atomic mass is 35.5. The molecule has 1 N–H and O–H groups in total. The molecule has 36 heavy (non-hydrogen) atoms. The summed E-state index contributed by atoms with van der Waals surface area (Å²) in [5.74, 6) is -2.81. The Morgan fingerprint density at radius 2 is 1.47 bits per heavy atom. The number of anilines is 1. The van der Waals surface area contributed by atoms with Gasteiger partial charge in [0.1, 0.15) is 11.6 Å². The van der Waals surface area contributed by atoms with E-state index in [9.17, 15) is 18.4 Å². The smallest absolute Gasteiger partial charge is 0.275 e. The Labute approximate surface area is 210 Å². The maximum absolute atomic E-state index is 13.8. The lowest BCUT2D eigenvalue weighted by Crippen LogP contribution is -2.34. The first kappa shape index (κ1) is 23.7. The normalized spacial score (nSPS) is 16.4. The Hall–Kier alpha value is -4.04. The predicted octanol–water partition coefficient (Wildman–Crippen LogP) is 5.58. The number of benzene rings is 3. The number of aromatic amines is 1. The van der Waals surface area contributed by atoms with Gasteiger partial charge in [0.15, 0.2) is 0 Å². The second-order valence-electron chi connectivity index (χ2n) is 8.61. The van der Waals surface area contributed by atoms with Crippen LogP contribution in [0.15, 0.2) is 82.7 Å². The third kappa shape index (κ3) is 4.03. The van der Waals surface area contributed by atoms with Crippen LogP contribution in [0, 0.1) is 24.5 Å². The number of halogens is 3. The van der Waals surface area contributed by atoms with Crippen LogP contribution >= 0.6 is 11.6 Å². The van der Waals surface area contributed by atoms with Gasteiger partial charge in [-0.15, -0.1) is 0 Å². The monoisotopic (exact) mass is 506 g/mol. The molecule has 182 valence electrons. The second kappa shape index (κ2) is 9.20. The molecular formula is C27H21ClF2N4O2. The van der Waals surface area contributed by atoms with Crippen molar-refractivity contribution in [3.63, 3.8) is 0 Å². The minimum atomic E-state index is -0.834. The number of carbonyl (C=O) groups excluding carboxylic acids is 1. The average Bonchev–Trinajstić information content (AvgIpc) is 3.32. The molecule has 2 atom stereocenters. The molecule has 0 unspecified atom stereocenters. The summed E-state index contributed by atoms with van der Waals surface area (Å²) in [6.45, 7) is 3.46. The lowest BCUT2D eigenvalue weighted by molar-refractivity contribution is -0.120. The van der Waals surface area contributed by atoms with E-state index in [2.05, 4.69) is 10.2 Å². The third-order valence-electron chi connectivity index (χ3n) is 6.34. The van der Waals surface area contributed by atoms with Gasteiger partial charge in [-0.2, -0.15) is 5.10 Å². The fourth-order valence-electron chi connectivity index (χ4n) is 4.66. The number of H-pyrrole nitrogens is 1. The van der Waals surface area contributed by atoms with Gasteiger partial charge in [-0.05, 0) is 74.0 Å². The van der Waals surface area contributed by atoms with E-state index in [1.54, 1.807) is 38.1 Å². The first-order chi connectivity index (χ1) is 17.3. The molecule has 0 spiro atoms. The van der Waals surface area contributed by atoms with Crippen LogP contribution in [-0.2, 0) is 4.79 Å². The van der Waals surface area contributed by atoms with E-state index < -0.39 is 23.5 Å². The molecule has 1 aliphatic rings. The number of amides is 1. The minimum Gasteiger partial charge on any atom is -0.295 e. The minimum absolute atomic E-state index is 0.348. The number of nitrogens with one attached hydrogen (secondary N) is 1. The van der Waals surface area contributed by atoms with Crippen LogP contribution in [0.2, 0.25) is 5.02 Å². The van der Waals surface area contributed by atoms with Gasteiger partial charge in [0.2, 0.25) is 0 Å². The Balaban J connectivity index is 1.66. The highest BCUT2D eigenvalue weighted by Crippen LogP contribution is 2.40. The molecule has 1 aliphatic heterocycles. The number of hydrazone groups is 1. The summed E-state index contributed by atoms with van der Waals surface area (Å²) in [6.07, 6.45) is 0. The van der Waals surface area contributed by atoms with E-state index >= 15 is 0 Å². The summed E-state index contributed by atoms with van der Waals surface area (Å²) >= 11 is 6.59. The van der Waals surface area contributed by atoms with E-state index in [1.807, 2.05) is 0 Å². The van der Waals surface area contributed by atoms with E-state index in [0.717, 1.165) is 0 Å². The fourth-order valence-corrected chi connectivity index (χ4v) is 4.91. The molecule has 9 heteroatoms. The summed E-state index contributed by atoms with van der Waals surface area (Å²) in [5, 5.41) is 9.14. The predicted molar refractivity (Wildman–Crippen MR) is 135 cm³/mol.